The van der Waals surface area contributed by atoms with Crippen LogP contribution in [0.4, 0.5) is 0 Å². The average molecular weight is 297 g/mol. The van der Waals surface area contributed by atoms with Crippen LogP contribution >= 0.6 is 0 Å². The fourth-order valence-electron chi connectivity index (χ4n) is 3.88. The minimum Gasteiger partial charge on any atom is -0.330 e. The average Bonchev–Trinajstić information content (AvgIpc) is 2.43. The van der Waals surface area contributed by atoms with Gasteiger partial charge < -0.3 is 5.73 Å². The summed E-state index contributed by atoms with van der Waals surface area (Å²) in [5.74, 6) is 1.51. The highest BCUT2D eigenvalue weighted by Crippen LogP contribution is 2.44. The molecule has 2 nitrogen and oxygen atoms in total. The van der Waals surface area contributed by atoms with Gasteiger partial charge in [0.25, 0.3) is 0 Å². The first-order chi connectivity index (χ1) is 9.54. The first-order valence-corrected chi connectivity index (χ1v) is 8.96. The second-order valence-corrected chi connectivity index (χ2v) is 9.12. The van der Waals surface area contributed by atoms with Crippen molar-refractivity contribution < 1.29 is 0 Å². The third kappa shape index (κ3) is 4.45. The lowest BCUT2D eigenvalue weighted by Gasteiger charge is -2.49. The van der Waals surface area contributed by atoms with E-state index in [1.165, 1.54) is 25.7 Å². The van der Waals surface area contributed by atoms with Gasteiger partial charge in [-0.3, -0.25) is 4.90 Å². The molecule has 0 bridgehead atoms. The molecule has 0 aromatic carbocycles. The summed E-state index contributed by atoms with van der Waals surface area (Å²) >= 11 is 0. The highest BCUT2D eigenvalue weighted by molar-refractivity contribution is 4.93. The smallest absolute Gasteiger partial charge is 0.0138 e. The van der Waals surface area contributed by atoms with E-state index in [4.69, 9.17) is 5.73 Å². The van der Waals surface area contributed by atoms with Crippen molar-refractivity contribution in [3.8, 4) is 0 Å². The van der Waals surface area contributed by atoms with Crippen LogP contribution in [0.1, 0.15) is 74.1 Å². The molecule has 1 rings (SSSR count). The highest BCUT2D eigenvalue weighted by Gasteiger charge is 2.40. The summed E-state index contributed by atoms with van der Waals surface area (Å²) in [6, 6.07) is 1.23. The summed E-state index contributed by atoms with van der Waals surface area (Å²) in [7, 11) is 2.32. The first-order valence-electron chi connectivity index (χ1n) is 8.96. The van der Waals surface area contributed by atoms with Gasteiger partial charge in [0.05, 0.1) is 0 Å². The lowest BCUT2D eigenvalue weighted by molar-refractivity contribution is 0.00759. The number of rotatable bonds is 5. The van der Waals surface area contributed by atoms with Crippen LogP contribution in [0.25, 0.3) is 0 Å². The van der Waals surface area contributed by atoms with Crippen molar-refractivity contribution >= 4 is 0 Å². The molecular weight excluding hydrogens is 256 g/mol. The summed E-state index contributed by atoms with van der Waals surface area (Å²) in [5.41, 5.74) is 6.88. The maximum absolute atomic E-state index is 6.10. The van der Waals surface area contributed by atoms with E-state index in [9.17, 15) is 0 Å². The Hall–Kier alpha value is -0.0800. The molecule has 0 saturated heterocycles. The van der Waals surface area contributed by atoms with E-state index in [0.29, 0.717) is 28.8 Å². The largest absolute Gasteiger partial charge is 0.330 e. The molecule has 0 aromatic heterocycles. The predicted octanol–water partition coefficient (Wildman–Crippen LogP) is 4.53. The van der Waals surface area contributed by atoms with E-state index in [2.05, 4.69) is 60.4 Å². The third-order valence-electron chi connectivity index (χ3n) is 6.66. The topological polar surface area (TPSA) is 29.3 Å². The molecule has 0 heterocycles. The highest BCUT2D eigenvalue weighted by atomic mass is 15.2. The molecule has 1 saturated carbocycles. The van der Waals surface area contributed by atoms with Crippen LogP contribution < -0.4 is 5.73 Å². The van der Waals surface area contributed by atoms with Crippen molar-refractivity contribution in [1.29, 1.82) is 0 Å². The van der Waals surface area contributed by atoms with Crippen LogP contribution in [0.15, 0.2) is 0 Å². The van der Waals surface area contributed by atoms with Gasteiger partial charge in [0.1, 0.15) is 0 Å². The summed E-state index contributed by atoms with van der Waals surface area (Å²) in [4.78, 5) is 2.63. The van der Waals surface area contributed by atoms with Crippen molar-refractivity contribution in [1.82, 2.24) is 4.90 Å². The van der Waals surface area contributed by atoms with Gasteiger partial charge in [-0.05, 0) is 62.4 Å². The molecule has 0 spiro atoms. The molecule has 1 aliphatic rings. The van der Waals surface area contributed by atoms with Gasteiger partial charge in [-0.2, -0.15) is 0 Å². The van der Waals surface area contributed by atoms with E-state index in [0.717, 1.165) is 12.5 Å². The van der Waals surface area contributed by atoms with Crippen molar-refractivity contribution in [3.63, 3.8) is 0 Å². The SMILES string of the molecule is CCC(C)(C)C1CCC(CN)C(N(C)C(C)C(C)(C)C)C1. The Morgan fingerprint density at radius 3 is 2.14 bits per heavy atom. The molecule has 2 N–H and O–H groups in total. The van der Waals surface area contributed by atoms with E-state index < -0.39 is 0 Å². The number of nitrogens with zero attached hydrogens (tertiary/aromatic N) is 1. The van der Waals surface area contributed by atoms with E-state index in [1.807, 2.05) is 0 Å². The molecule has 1 aliphatic carbocycles. The van der Waals surface area contributed by atoms with Gasteiger partial charge >= 0.3 is 0 Å². The Labute approximate surface area is 133 Å². The fourth-order valence-corrected chi connectivity index (χ4v) is 3.88. The van der Waals surface area contributed by atoms with Crippen LogP contribution in [0, 0.1) is 22.7 Å². The maximum atomic E-state index is 6.10. The minimum absolute atomic E-state index is 0.321. The number of hydrogen-bond donors (Lipinski definition) is 1. The molecule has 1 fully saturated rings. The molecular formula is C19H40N2. The number of hydrogen-bond acceptors (Lipinski definition) is 2. The third-order valence-corrected chi connectivity index (χ3v) is 6.66. The van der Waals surface area contributed by atoms with Gasteiger partial charge in [-0.1, -0.05) is 48.0 Å². The zero-order valence-electron chi connectivity index (χ0n) is 15.9. The number of nitrogens with two attached hydrogens (primary N) is 1. The van der Waals surface area contributed by atoms with Gasteiger partial charge in [-0.15, -0.1) is 0 Å². The quantitative estimate of drug-likeness (QED) is 0.807. The molecule has 0 aromatic rings. The zero-order valence-corrected chi connectivity index (χ0v) is 15.9. The van der Waals surface area contributed by atoms with Crippen molar-refractivity contribution in [2.24, 2.45) is 28.4 Å². The predicted molar refractivity (Wildman–Crippen MR) is 94.4 cm³/mol. The summed E-state index contributed by atoms with van der Waals surface area (Å²) < 4.78 is 0. The second kappa shape index (κ2) is 7.00. The van der Waals surface area contributed by atoms with Crippen LogP contribution in [0.3, 0.4) is 0 Å². The molecule has 2 heteroatoms. The van der Waals surface area contributed by atoms with Crippen LogP contribution in [0.5, 0.6) is 0 Å². The van der Waals surface area contributed by atoms with E-state index in [-0.39, 0.29) is 0 Å². The molecule has 0 aliphatic heterocycles. The van der Waals surface area contributed by atoms with Crippen molar-refractivity contribution in [2.45, 2.75) is 86.2 Å². The van der Waals surface area contributed by atoms with Gasteiger partial charge in [0, 0.05) is 12.1 Å². The Morgan fingerprint density at radius 1 is 1.14 bits per heavy atom. The van der Waals surface area contributed by atoms with Crippen molar-refractivity contribution in [3.05, 3.63) is 0 Å². The monoisotopic (exact) mass is 296 g/mol. The summed E-state index contributed by atoms with van der Waals surface area (Å²) in [5, 5.41) is 0. The van der Waals surface area contributed by atoms with E-state index in [1.54, 1.807) is 0 Å². The zero-order chi connectivity index (χ0) is 16.4. The Kier molecular flexibility index (Phi) is 6.32. The normalized spacial score (nSPS) is 29.7. The minimum atomic E-state index is 0.321. The van der Waals surface area contributed by atoms with Gasteiger partial charge in [0.2, 0.25) is 0 Å². The Balaban J connectivity index is 2.89. The lowest BCUT2D eigenvalue weighted by atomic mass is 9.65. The summed E-state index contributed by atoms with van der Waals surface area (Å²) in [6.07, 6.45) is 5.25. The standard InChI is InChI=1S/C19H40N2/c1-9-19(6,7)16-11-10-15(13-20)17(12-16)21(8)14(2)18(3,4)5/h14-17H,9-13,20H2,1-8H3. The first kappa shape index (κ1) is 19.0. The van der Waals surface area contributed by atoms with Crippen LogP contribution in [0.2, 0.25) is 0 Å². The summed E-state index contributed by atoms with van der Waals surface area (Å²) in [6.45, 7) is 17.5. The lowest BCUT2D eigenvalue weighted by Crippen LogP contribution is -2.53. The van der Waals surface area contributed by atoms with Gasteiger partial charge in [0.15, 0.2) is 0 Å². The van der Waals surface area contributed by atoms with Crippen molar-refractivity contribution in [2.75, 3.05) is 13.6 Å². The molecule has 4 atom stereocenters. The molecule has 126 valence electrons. The fraction of sp³-hybridized carbons (Fsp3) is 1.00. The Bertz CT molecular complexity index is 316. The Morgan fingerprint density at radius 2 is 1.71 bits per heavy atom. The maximum Gasteiger partial charge on any atom is 0.0138 e. The van der Waals surface area contributed by atoms with Crippen LogP contribution in [-0.4, -0.2) is 30.6 Å². The molecule has 4 unspecified atom stereocenters. The van der Waals surface area contributed by atoms with Gasteiger partial charge in [-0.25, -0.2) is 0 Å². The van der Waals surface area contributed by atoms with E-state index >= 15 is 0 Å². The van der Waals surface area contributed by atoms with Crippen LogP contribution in [-0.2, 0) is 0 Å². The molecule has 0 amide bonds. The molecule has 21 heavy (non-hydrogen) atoms. The second-order valence-electron chi connectivity index (χ2n) is 9.12. The molecule has 0 radical (unpaired) electrons.